The zero-order chi connectivity index (χ0) is 16.4. The molecule has 1 aromatic carbocycles. The largest absolute Gasteiger partial charge is 0.496 e. The molecule has 15 heavy (non-hydrogen) atoms. The average Bonchev–Trinajstić information content (AvgIpc) is 2.29. The van der Waals surface area contributed by atoms with Gasteiger partial charge in [-0.05, 0) is 19.1 Å². The van der Waals surface area contributed by atoms with Crippen LogP contribution in [0.3, 0.4) is 0 Å². The van der Waals surface area contributed by atoms with E-state index in [2.05, 4.69) is 4.74 Å². The fraction of sp³-hybridized carbons (Fsp3) is 0.364. The molecule has 4 heteroatoms. The van der Waals surface area contributed by atoms with Crippen molar-refractivity contribution in [1.82, 2.24) is 0 Å². The molecule has 0 aliphatic rings. The van der Waals surface area contributed by atoms with Gasteiger partial charge < -0.3 is 14.2 Å². The Kier molecular flexibility index (Phi) is 1.68. The van der Waals surface area contributed by atoms with E-state index in [1.165, 1.54) is 6.92 Å². The molecule has 0 heterocycles. The molecule has 1 aromatic rings. The molecule has 0 aromatic heterocycles. The molecule has 0 N–H and O–H groups in total. The van der Waals surface area contributed by atoms with Crippen LogP contribution >= 0.6 is 0 Å². The maximum atomic E-state index is 11.5. The van der Waals surface area contributed by atoms with Crippen LogP contribution in [0.4, 0.5) is 0 Å². The smallest absolute Gasteiger partial charge is 0.338 e. The predicted octanol–water partition coefficient (Wildman–Crippen LogP) is 1.80. The highest BCUT2D eigenvalue weighted by molar-refractivity contribution is 5.90. The van der Waals surface area contributed by atoms with Gasteiger partial charge in [-0.25, -0.2) is 4.79 Å². The Morgan fingerprint density at radius 2 is 1.80 bits per heavy atom. The first kappa shape index (κ1) is 5.39. The molecule has 0 amide bonds. The third-order valence-corrected chi connectivity index (χ3v) is 1.95. The van der Waals surface area contributed by atoms with Crippen LogP contribution in [0.2, 0.25) is 0 Å². The molecule has 82 valence electrons. The second kappa shape index (κ2) is 4.68. The molecular formula is C11H14O4. The van der Waals surface area contributed by atoms with Crippen LogP contribution in [-0.2, 0) is 4.74 Å². The maximum Gasteiger partial charge on any atom is 0.338 e. The lowest BCUT2D eigenvalue weighted by molar-refractivity contribution is 0.0600. The number of esters is 1. The van der Waals surface area contributed by atoms with Gasteiger partial charge in [-0.1, -0.05) is 0 Å². The van der Waals surface area contributed by atoms with Gasteiger partial charge in [-0.3, -0.25) is 0 Å². The van der Waals surface area contributed by atoms with E-state index in [9.17, 15) is 4.79 Å². The van der Waals surface area contributed by atoms with E-state index in [4.69, 9.17) is 17.7 Å². The van der Waals surface area contributed by atoms with E-state index < -0.39 is 20.0 Å². The number of hydrogen-bond donors (Lipinski definition) is 0. The zero-order valence-electron chi connectivity index (χ0n) is 14.3. The molecule has 0 unspecified atom stereocenters. The van der Waals surface area contributed by atoms with Gasteiger partial charge in [0.05, 0.1) is 35.0 Å². The summed E-state index contributed by atoms with van der Waals surface area (Å²) in [6.45, 7) is 1.42. The zero-order valence-corrected chi connectivity index (χ0v) is 8.29. The molecule has 0 bridgehead atoms. The SMILES string of the molecule is [2H]C([2H])([2H])Oc1cc(C(=O)OC)cc(OC([2H])([2H])[2H])c1C. The molecule has 0 saturated heterocycles. The molecule has 0 fully saturated rings. The van der Waals surface area contributed by atoms with Crippen LogP contribution in [0.1, 0.15) is 24.1 Å². The van der Waals surface area contributed by atoms with Gasteiger partial charge in [0, 0.05) is 5.56 Å². The van der Waals surface area contributed by atoms with Crippen molar-refractivity contribution in [2.45, 2.75) is 6.92 Å². The number of rotatable bonds is 3. The van der Waals surface area contributed by atoms with Crippen molar-refractivity contribution in [3.05, 3.63) is 23.3 Å². The first-order valence-electron chi connectivity index (χ1n) is 7.04. The van der Waals surface area contributed by atoms with Crippen molar-refractivity contribution in [2.75, 3.05) is 21.2 Å². The van der Waals surface area contributed by atoms with E-state index in [0.29, 0.717) is 0 Å². The quantitative estimate of drug-likeness (QED) is 0.723. The van der Waals surface area contributed by atoms with Gasteiger partial charge in [-0.2, -0.15) is 0 Å². The number of benzene rings is 1. The third kappa shape index (κ3) is 2.21. The lowest BCUT2D eigenvalue weighted by atomic mass is 10.1. The molecule has 0 saturated carbocycles. The molecular weight excluding hydrogens is 196 g/mol. The second-order valence-electron chi connectivity index (χ2n) is 2.79. The predicted molar refractivity (Wildman–Crippen MR) is 55.6 cm³/mol. The van der Waals surface area contributed by atoms with Gasteiger partial charge >= 0.3 is 5.97 Å². The van der Waals surface area contributed by atoms with E-state index in [-0.39, 0.29) is 22.6 Å². The van der Waals surface area contributed by atoms with Gasteiger partial charge in [-0.15, -0.1) is 0 Å². The van der Waals surface area contributed by atoms with E-state index in [0.717, 1.165) is 19.2 Å². The Labute approximate surface area is 97.2 Å². The first-order valence-corrected chi connectivity index (χ1v) is 4.04. The summed E-state index contributed by atoms with van der Waals surface area (Å²) in [4.78, 5) is 11.5. The Morgan fingerprint density at radius 3 is 2.20 bits per heavy atom. The summed E-state index contributed by atoms with van der Waals surface area (Å²) in [5, 5.41) is 0. The van der Waals surface area contributed by atoms with Crippen molar-refractivity contribution in [1.29, 1.82) is 0 Å². The summed E-state index contributed by atoms with van der Waals surface area (Å²) in [5.41, 5.74) is 0.0662. The highest BCUT2D eigenvalue weighted by atomic mass is 16.5. The lowest BCUT2D eigenvalue weighted by Crippen LogP contribution is -2.03. The summed E-state index contributed by atoms with van der Waals surface area (Å²) in [6, 6.07) is 2.31. The highest BCUT2D eigenvalue weighted by Gasteiger charge is 2.13. The topological polar surface area (TPSA) is 44.8 Å². The molecule has 0 atom stereocenters. The Balaban J connectivity index is 3.35. The van der Waals surface area contributed by atoms with Crippen molar-refractivity contribution in [2.24, 2.45) is 0 Å². The van der Waals surface area contributed by atoms with Gasteiger partial charge in [0.15, 0.2) is 0 Å². The van der Waals surface area contributed by atoms with Crippen molar-refractivity contribution < 1.29 is 27.2 Å². The second-order valence-corrected chi connectivity index (χ2v) is 2.79. The van der Waals surface area contributed by atoms with Crippen LogP contribution in [0.5, 0.6) is 11.5 Å². The number of hydrogen-bond acceptors (Lipinski definition) is 4. The fourth-order valence-corrected chi connectivity index (χ4v) is 1.11. The summed E-state index contributed by atoms with van der Waals surface area (Å²) in [5.74, 6) is -1.14. The van der Waals surface area contributed by atoms with Gasteiger partial charge in [0.2, 0.25) is 0 Å². The van der Waals surface area contributed by atoms with Crippen LogP contribution in [0.15, 0.2) is 12.1 Å². The average molecular weight is 216 g/mol. The van der Waals surface area contributed by atoms with Crippen LogP contribution in [-0.4, -0.2) is 27.2 Å². The molecule has 0 radical (unpaired) electrons. The molecule has 1 rings (SSSR count). The lowest BCUT2D eigenvalue weighted by Gasteiger charge is -2.11. The minimum Gasteiger partial charge on any atom is -0.496 e. The molecule has 0 aliphatic carbocycles. The van der Waals surface area contributed by atoms with E-state index >= 15 is 0 Å². The van der Waals surface area contributed by atoms with Gasteiger partial charge in [0.1, 0.15) is 11.5 Å². The maximum absolute atomic E-state index is 11.5. The first-order chi connectivity index (χ1) is 9.43. The normalized spacial score (nSPS) is 17.2. The number of ether oxygens (including phenoxy) is 3. The highest BCUT2D eigenvalue weighted by Crippen LogP contribution is 2.29. The fourth-order valence-electron chi connectivity index (χ4n) is 1.11. The summed E-state index contributed by atoms with van der Waals surface area (Å²) < 4.78 is 56.5. The Bertz CT molecular complexity index is 497. The number of carbonyl (C=O) groups is 1. The monoisotopic (exact) mass is 216 g/mol. The Hall–Kier alpha value is -1.71. The van der Waals surface area contributed by atoms with Gasteiger partial charge in [0.25, 0.3) is 0 Å². The number of carbonyl (C=O) groups excluding carboxylic acids is 1. The van der Waals surface area contributed by atoms with Crippen LogP contribution in [0, 0.1) is 6.92 Å². The minimum atomic E-state index is -2.75. The van der Waals surface area contributed by atoms with Crippen molar-refractivity contribution in [3.63, 3.8) is 0 Å². The van der Waals surface area contributed by atoms with Crippen molar-refractivity contribution >= 4 is 5.97 Å². The van der Waals surface area contributed by atoms with Crippen molar-refractivity contribution in [3.8, 4) is 11.5 Å². The standard InChI is InChI=1S/C11H14O4/c1-7-9(13-2)5-8(11(12)15-4)6-10(7)14-3/h5-6H,1-4H3/i2D3,3D3. The third-order valence-electron chi connectivity index (χ3n) is 1.95. The van der Waals surface area contributed by atoms with Crippen LogP contribution in [0.25, 0.3) is 0 Å². The minimum absolute atomic E-state index is 0.0819. The molecule has 0 aliphatic heterocycles. The Morgan fingerprint density at radius 1 is 1.27 bits per heavy atom. The van der Waals surface area contributed by atoms with E-state index in [1.807, 2.05) is 0 Å². The van der Waals surface area contributed by atoms with Crippen LogP contribution < -0.4 is 9.47 Å². The summed E-state index contributed by atoms with van der Waals surface area (Å²) in [6.07, 6.45) is 0. The number of methoxy groups -OCH3 is 3. The summed E-state index contributed by atoms with van der Waals surface area (Å²) in [7, 11) is -4.37. The molecule has 4 nitrogen and oxygen atoms in total. The summed E-state index contributed by atoms with van der Waals surface area (Å²) >= 11 is 0. The molecule has 0 spiro atoms. The van der Waals surface area contributed by atoms with E-state index in [1.54, 1.807) is 0 Å².